The van der Waals surface area contributed by atoms with Crippen molar-refractivity contribution in [3.8, 4) is 0 Å². The molecule has 0 spiro atoms. The van der Waals surface area contributed by atoms with Crippen LogP contribution >= 0.6 is 0 Å². The topological polar surface area (TPSA) is 86.3 Å². The molecule has 1 fully saturated rings. The molecule has 0 aromatic heterocycles. The van der Waals surface area contributed by atoms with Gasteiger partial charge in [0.2, 0.25) is 5.91 Å². The number of nitrogens with one attached hydrogen (secondary N) is 2. The van der Waals surface area contributed by atoms with Crippen LogP contribution in [0.5, 0.6) is 0 Å². The fourth-order valence-electron chi connectivity index (χ4n) is 3.34. The summed E-state index contributed by atoms with van der Waals surface area (Å²) >= 11 is 0. The summed E-state index contributed by atoms with van der Waals surface area (Å²) in [6, 6.07) is 8.04. The standard InChI is InChI=1S/C23H37N5O3/c1-17(16-27(6)22(30)31-23(2,3)4)14-25-21(24-5)26-15-18-9-11-19(12-10-18)28-13-7-8-20(28)29/h9-12,17H,7-8,13-16H2,1-6H3,(H2,24,25,26). The lowest BCUT2D eigenvalue weighted by Crippen LogP contribution is -2.42. The van der Waals surface area contributed by atoms with E-state index in [0.29, 0.717) is 32.0 Å². The Morgan fingerprint density at radius 3 is 2.48 bits per heavy atom. The summed E-state index contributed by atoms with van der Waals surface area (Å²) in [6.07, 6.45) is 1.24. The predicted octanol–water partition coefficient (Wildman–Crippen LogP) is 2.98. The summed E-state index contributed by atoms with van der Waals surface area (Å²) in [7, 11) is 3.48. The minimum absolute atomic E-state index is 0.196. The summed E-state index contributed by atoms with van der Waals surface area (Å²) in [6.45, 7) is 10.3. The molecule has 2 N–H and O–H groups in total. The van der Waals surface area contributed by atoms with Crippen LogP contribution in [0.3, 0.4) is 0 Å². The van der Waals surface area contributed by atoms with Crippen LogP contribution in [-0.2, 0) is 16.1 Å². The third-order valence-corrected chi connectivity index (χ3v) is 4.91. The van der Waals surface area contributed by atoms with Gasteiger partial charge in [-0.3, -0.25) is 9.79 Å². The molecule has 8 heteroatoms. The maximum Gasteiger partial charge on any atom is 0.410 e. The first-order chi connectivity index (χ1) is 14.6. The molecule has 172 valence electrons. The van der Waals surface area contributed by atoms with Gasteiger partial charge in [0.15, 0.2) is 5.96 Å². The molecule has 1 heterocycles. The Balaban J connectivity index is 1.75. The van der Waals surface area contributed by atoms with E-state index in [1.54, 1.807) is 19.0 Å². The van der Waals surface area contributed by atoms with Gasteiger partial charge >= 0.3 is 6.09 Å². The number of amides is 2. The molecule has 1 aliphatic heterocycles. The zero-order valence-electron chi connectivity index (χ0n) is 19.7. The molecule has 0 aliphatic carbocycles. The van der Waals surface area contributed by atoms with E-state index in [9.17, 15) is 9.59 Å². The smallest absolute Gasteiger partial charge is 0.410 e. The Morgan fingerprint density at radius 2 is 1.94 bits per heavy atom. The fourth-order valence-corrected chi connectivity index (χ4v) is 3.34. The summed E-state index contributed by atoms with van der Waals surface area (Å²) in [5.41, 5.74) is 1.56. The number of anilines is 1. The van der Waals surface area contributed by atoms with Crippen molar-refractivity contribution in [1.29, 1.82) is 0 Å². The Bertz CT molecular complexity index is 770. The highest BCUT2D eigenvalue weighted by Gasteiger charge is 2.22. The van der Waals surface area contributed by atoms with Crippen molar-refractivity contribution in [2.75, 3.05) is 38.6 Å². The Kier molecular flexibility index (Phi) is 8.71. The number of ether oxygens (including phenoxy) is 1. The molecule has 2 rings (SSSR count). The van der Waals surface area contributed by atoms with Gasteiger partial charge in [-0.1, -0.05) is 19.1 Å². The van der Waals surface area contributed by atoms with Gasteiger partial charge in [0.1, 0.15) is 5.60 Å². The third kappa shape index (κ3) is 8.11. The maximum atomic E-state index is 12.1. The van der Waals surface area contributed by atoms with Gasteiger partial charge in [-0.05, 0) is 50.8 Å². The third-order valence-electron chi connectivity index (χ3n) is 4.91. The molecule has 2 amide bonds. The number of aliphatic imine (C=N–C) groups is 1. The van der Waals surface area contributed by atoms with Crippen molar-refractivity contribution in [3.63, 3.8) is 0 Å². The van der Waals surface area contributed by atoms with E-state index in [0.717, 1.165) is 24.2 Å². The van der Waals surface area contributed by atoms with Crippen molar-refractivity contribution in [2.45, 2.75) is 52.7 Å². The number of rotatable bonds is 7. The van der Waals surface area contributed by atoms with Crippen LogP contribution in [0.25, 0.3) is 0 Å². The van der Waals surface area contributed by atoms with E-state index >= 15 is 0 Å². The number of carbonyl (C=O) groups is 2. The largest absolute Gasteiger partial charge is 0.444 e. The van der Waals surface area contributed by atoms with Crippen LogP contribution in [0, 0.1) is 5.92 Å². The van der Waals surface area contributed by atoms with Crippen molar-refractivity contribution >= 4 is 23.6 Å². The molecule has 1 aliphatic rings. The Labute approximate surface area is 186 Å². The van der Waals surface area contributed by atoms with Gasteiger partial charge in [-0.15, -0.1) is 0 Å². The Morgan fingerprint density at radius 1 is 1.26 bits per heavy atom. The predicted molar refractivity (Wildman–Crippen MR) is 124 cm³/mol. The lowest BCUT2D eigenvalue weighted by molar-refractivity contribution is -0.117. The summed E-state index contributed by atoms with van der Waals surface area (Å²) in [5, 5.41) is 6.60. The fraction of sp³-hybridized carbons (Fsp3) is 0.609. The first-order valence-electron chi connectivity index (χ1n) is 10.9. The van der Waals surface area contributed by atoms with Gasteiger partial charge in [0.05, 0.1) is 0 Å². The van der Waals surface area contributed by atoms with E-state index in [-0.39, 0.29) is 17.9 Å². The van der Waals surface area contributed by atoms with Crippen molar-refractivity contribution in [1.82, 2.24) is 15.5 Å². The summed E-state index contributed by atoms with van der Waals surface area (Å²) in [4.78, 5) is 31.7. The van der Waals surface area contributed by atoms with Crippen LogP contribution < -0.4 is 15.5 Å². The number of benzene rings is 1. The molecule has 1 unspecified atom stereocenters. The molecule has 8 nitrogen and oxygen atoms in total. The molecule has 1 aromatic rings. The minimum Gasteiger partial charge on any atom is -0.444 e. The molecule has 1 aromatic carbocycles. The second kappa shape index (κ2) is 11.0. The van der Waals surface area contributed by atoms with E-state index < -0.39 is 5.60 Å². The van der Waals surface area contributed by atoms with Crippen LogP contribution in [-0.4, -0.2) is 62.2 Å². The number of guanidine groups is 1. The van der Waals surface area contributed by atoms with Crippen molar-refractivity contribution < 1.29 is 14.3 Å². The number of hydrogen-bond donors (Lipinski definition) is 2. The zero-order valence-corrected chi connectivity index (χ0v) is 19.7. The van der Waals surface area contributed by atoms with Gasteiger partial charge in [0, 0.05) is 52.4 Å². The highest BCUT2D eigenvalue weighted by atomic mass is 16.6. The minimum atomic E-state index is -0.499. The highest BCUT2D eigenvalue weighted by molar-refractivity contribution is 5.95. The summed E-state index contributed by atoms with van der Waals surface area (Å²) < 4.78 is 5.39. The van der Waals surface area contributed by atoms with Crippen molar-refractivity contribution in [3.05, 3.63) is 29.8 Å². The highest BCUT2D eigenvalue weighted by Crippen LogP contribution is 2.21. The average molecular weight is 432 g/mol. The molecule has 0 bridgehead atoms. The molecule has 1 saturated heterocycles. The summed E-state index contributed by atoms with van der Waals surface area (Å²) in [5.74, 6) is 1.11. The van der Waals surface area contributed by atoms with Crippen LogP contribution in [0.2, 0.25) is 0 Å². The first kappa shape index (κ1) is 24.5. The molecule has 0 radical (unpaired) electrons. The Hall–Kier alpha value is -2.77. The number of carbonyl (C=O) groups excluding carboxylic acids is 2. The van der Waals surface area contributed by atoms with Crippen LogP contribution in [0.4, 0.5) is 10.5 Å². The zero-order chi connectivity index (χ0) is 23.0. The SMILES string of the molecule is CN=C(NCc1ccc(N2CCCC2=O)cc1)NCC(C)CN(C)C(=O)OC(C)(C)C. The molecule has 1 atom stereocenters. The number of hydrogen-bond acceptors (Lipinski definition) is 4. The van der Waals surface area contributed by atoms with E-state index in [4.69, 9.17) is 4.74 Å². The molecular formula is C23H37N5O3. The van der Waals surface area contributed by atoms with Gasteiger partial charge in [-0.2, -0.15) is 0 Å². The van der Waals surface area contributed by atoms with Gasteiger partial charge in [-0.25, -0.2) is 4.79 Å². The lowest BCUT2D eigenvalue weighted by atomic mass is 10.1. The molecular weight excluding hydrogens is 394 g/mol. The average Bonchev–Trinajstić information content (AvgIpc) is 3.13. The normalized spacial score (nSPS) is 15.6. The maximum absolute atomic E-state index is 12.1. The first-order valence-corrected chi connectivity index (χ1v) is 10.9. The van der Waals surface area contributed by atoms with Crippen molar-refractivity contribution in [2.24, 2.45) is 10.9 Å². The second-order valence-corrected chi connectivity index (χ2v) is 9.09. The second-order valence-electron chi connectivity index (χ2n) is 9.09. The van der Waals surface area contributed by atoms with Crippen LogP contribution in [0.15, 0.2) is 29.3 Å². The monoisotopic (exact) mass is 431 g/mol. The lowest BCUT2D eigenvalue weighted by Gasteiger charge is -2.26. The van der Waals surface area contributed by atoms with E-state index in [2.05, 4.69) is 22.5 Å². The van der Waals surface area contributed by atoms with Gasteiger partial charge in [0.25, 0.3) is 0 Å². The van der Waals surface area contributed by atoms with E-state index in [1.807, 2.05) is 49.9 Å². The molecule has 31 heavy (non-hydrogen) atoms. The van der Waals surface area contributed by atoms with E-state index in [1.165, 1.54) is 0 Å². The molecule has 0 saturated carbocycles. The quantitative estimate of drug-likeness (QED) is 0.512. The number of nitrogens with zero attached hydrogens (tertiary/aromatic N) is 3. The van der Waals surface area contributed by atoms with Gasteiger partial charge < -0.3 is 25.2 Å². The van der Waals surface area contributed by atoms with Crippen LogP contribution in [0.1, 0.15) is 46.1 Å².